The predicted octanol–water partition coefficient (Wildman–Crippen LogP) is 0.858. The number of aromatic nitrogens is 3. The van der Waals surface area contributed by atoms with Crippen molar-refractivity contribution >= 4 is 5.91 Å². The van der Waals surface area contributed by atoms with Crippen LogP contribution in [0.5, 0.6) is 0 Å². The first kappa shape index (κ1) is 16.6. The summed E-state index contributed by atoms with van der Waals surface area (Å²) >= 11 is 0. The number of hydrogen-bond donors (Lipinski definition) is 1. The Morgan fingerprint density at radius 1 is 1.25 bits per heavy atom. The molecule has 2 heterocycles. The van der Waals surface area contributed by atoms with Gasteiger partial charge in [-0.2, -0.15) is 5.10 Å². The van der Waals surface area contributed by atoms with Gasteiger partial charge >= 0.3 is 0 Å². The van der Waals surface area contributed by atoms with Crippen LogP contribution in [0.1, 0.15) is 18.0 Å². The van der Waals surface area contributed by atoms with Gasteiger partial charge < -0.3 is 10.1 Å². The van der Waals surface area contributed by atoms with Gasteiger partial charge in [0.1, 0.15) is 12.7 Å². The number of rotatable bonds is 7. The zero-order chi connectivity index (χ0) is 16.6. The third-order valence-electron chi connectivity index (χ3n) is 4.12. The molecule has 1 aromatic heterocycles. The van der Waals surface area contributed by atoms with Crippen molar-refractivity contribution in [2.75, 3.05) is 32.8 Å². The van der Waals surface area contributed by atoms with Gasteiger partial charge in [-0.3, -0.25) is 14.4 Å². The quantitative estimate of drug-likeness (QED) is 0.816. The van der Waals surface area contributed by atoms with Crippen LogP contribution in [0.4, 0.5) is 0 Å². The zero-order valence-corrected chi connectivity index (χ0v) is 13.7. The Hall–Kier alpha value is -2.25. The third kappa shape index (κ3) is 4.87. The highest BCUT2D eigenvalue weighted by molar-refractivity contribution is 5.76. The Bertz CT molecular complexity index is 611. The van der Waals surface area contributed by atoms with Crippen molar-refractivity contribution in [2.24, 2.45) is 0 Å². The van der Waals surface area contributed by atoms with Crippen LogP contribution in [0.25, 0.3) is 0 Å². The van der Waals surface area contributed by atoms with E-state index in [0.717, 1.165) is 38.4 Å². The molecule has 0 bridgehead atoms. The Morgan fingerprint density at radius 2 is 2.04 bits per heavy atom. The summed E-state index contributed by atoms with van der Waals surface area (Å²) in [5.74, 6) is 0.0209. The predicted molar refractivity (Wildman–Crippen MR) is 89.2 cm³/mol. The van der Waals surface area contributed by atoms with Gasteiger partial charge in [0, 0.05) is 26.1 Å². The van der Waals surface area contributed by atoms with E-state index in [9.17, 15) is 4.79 Å². The molecule has 1 amide bonds. The first-order valence-corrected chi connectivity index (χ1v) is 8.28. The lowest BCUT2D eigenvalue weighted by molar-refractivity contribution is -0.122. The Morgan fingerprint density at radius 3 is 2.75 bits per heavy atom. The van der Waals surface area contributed by atoms with Crippen LogP contribution in [0.15, 0.2) is 43.0 Å². The fraction of sp³-hybridized carbons (Fsp3) is 0.471. The molecule has 0 saturated carbocycles. The Labute approximate surface area is 141 Å². The minimum Gasteiger partial charge on any atom is -0.379 e. The number of nitrogens with zero attached hydrogens (tertiary/aromatic N) is 4. The molecule has 1 N–H and O–H groups in total. The molecule has 1 unspecified atom stereocenters. The molecule has 1 fully saturated rings. The summed E-state index contributed by atoms with van der Waals surface area (Å²) in [6.07, 6.45) is 3.48. The van der Waals surface area contributed by atoms with Gasteiger partial charge in [0.15, 0.2) is 0 Å². The van der Waals surface area contributed by atoms with E-state index in [1.807, 2.05) is 18.2 Å². The van der Waals surface area contributed by atoms with E-state index in [2.05, 4.69) is 32.4 Å². The normalized spacial score (nSPS) is 16.7. The SMILES string of the molecule is O=C(CCn1cncn1)NC(CN1CCOCC1)c1ccccc1. The van der Waals surface area contributed by atoms with Crippen molar-refractivity contribution in [3.63, 3.8) is 0 Å². The minimum absolute atomic E-state index is 0.0208. The van der Waals surface area contributed by atoms with E-state index in [0.29, 0.717) is 13.0 Å². The number of benzene rings is 1. The van der Waals surface area contributed by atoms with Crippen LogP contribution in [0.2, 0.25) is 0 Å². The van der Waals surface area contributed by atoms with Gasteiger partial charge in [0.05, 0.1) is 25.8 Å². The van der Waals surface area contributed by atoms with Crippen LogP contribution in [0.3, 0.4) is 0 Å². The van der Waals surface area contributed by atoms with Crippen molar-refractivity contribution in [3.05, 3.63) is 48.5 Å². The molecule has 2 aromatic rings. The standard InChI is InChI=1S/C17H23N5O2/c23-17(6-7-22-14-18-13-19-22)20-16(15-4-2-1-3-5-15)12-21-8-10-24-11-9-21/h1-5,13-14,16H,6-12H2,(H,20,23). The average molecular weight is 329 g/mol. The zero-order valence-electron chi connectivity index (χ0n) is 13.7. The highest BCUT2D eigenvalue weighted by Gasteiger charge is 2.20. The van der Waals surface area contributed by atoms with Crippen molar-refractivity contribution in [3.8, 4) is 0 Å². The number of amides is 1. The Balaban J connectivity index is 1.59. The smallest absolute Gasteiger partial charge is 0.222 e. The van der Waals surface area contributed by atoms with Gasteiger partial charge in [-0.05, 0) is 5.56 Å². The molecule has 24 heavy (non-hydrogen) atoms. The number of carbonyl (C=O) groups is 1. The molecule has 1 aromatic carbocycles. The first-order chi connectivity index (χ1) is 11.8. The highest BCUT2D eigenvalue weighted by Crippen LogP contribution is 2.15. The van der Waals surface area contributed by atoms with E-state index in [1.165, 1.54) is 6.33 Å². The fourth-order valence-electron chi connectivity index (χ4n) is 2.79. The van der Waals surface area contributed by atoms with E-state index in [4.69, 9.17) is 4.74 Å². The number of nitrogens with one attached hydrogen (secondary N) is 1. The number of morpholine rings is 1. The minimum atomic E-state index is -0.0208. The van der Waals surface area contributed by atoms with E-state index >= 15 is 0 Å². The van der Waals surface area contributed by atoms with Gasteiger partial charge in [-0.25, -0.2) is 4.98 Å². The van der Waals surface area contributed by atoms with Crippen molar-refractivity contribution in [1.82, 2.24) is 25.0 Å². The topological polar surface area (TPSA) is 72.3 Å². The van der Waals surface area contributed by atoms with Crippen LogP contribution in [-0.4, -0.2) is 58.4 Å². The van der Waals surface area contributed by atoms with Crippen LogP contribution >= 0.6 is 0 Å². The summed E-state index contributed by atoms with van der Waals surface area (Å²) in [4.78, 5) is 18.6. The molecule has 7 heteroatoms. The lowest BCUT2D eigenvalue weighted by atomic mass is 10.1. The second kappa shape index (κ2) is 8.56. The molecule has 0 aliphatic carbocycles. The fourth-order valence-corrected chi connectivity index (χ4v) is 2.79. The summed E-state index contributed by atoms with van der Waals surface area (Å²) < 4.78 is 7.07. The molecule has 0 radical (unpaired) electrons. The van der Waals surface area contributed by atoms with Crippen LogP contribution < -0.4 is 5.32 Å². The van der Waals surface area contributed by atoms with Gasteiger partial charge in [0.2, 0.25) is 5.91 Å². The van der Waals surface area contributed by atoms with E-state index in [1.54, 1.807) is 11.0 Å². The number of aryl methyl sites for hydroxylation is 1. The van der Waals surface area contributed by atoms with Crippen LogP contribution in [0, 0.1) is 0 Å². The summed E-state index contributed by atoms with van der Waals surface area (Å²) in [5, 5.41) is 7.18. The molecular weight excluding hydrogens is 306 g/mol. The maximum atomic E-state index is 12.3. The molecular formula is C17H23N5O2. The highest BCUT2D eigenvalue weighted by atomic mass is 16.5. The maximum absolute atomic E-state index is 12.3. The second-order valence-corrected chi connectivity index (χ2v) is 5.85. The van der Waals surface area contributed by atoms with E-state index < -0.39 is 0 Å². The molecule has 3 rings (SSSR count). The molecule has 1 aliphatic rings. The lowest BCUT2D eigenvalue weighted by Gasteiger charge is -2.31. The third-order valence-corrected chi connectivity index (χ3v) is 4.12. The second-order valence-electron chi connectivity index (χ2n) is 5.85. The lowest BCUT2D eigenvalue weighted by Crippen LogP contribution is -2.43. The number of ether oxygens (including phenoxy) is 1. The summed E-state index contributed by atoms with van der Waals surface area (Å²) in [7, 11) is 0. The Kier molecular flexibility index (Phi) is 5.92. The van der Waals surface area contributed by atoms with Crippen molar-refractivity contribution in [1.29, 1.82) is 0 Å². The van der Waals surface area contributed by atoms with Crippen molar-refractivity contribution in [2.45, 2.75) is 19.0 Å². The summed E-state index contributed by atoms with van der Waals surface area (Å²) in [6, 6.07) is 10.1. The summed E-state index contributed by atoms with van der Waals surface area (Å²) in [5.41, 5.74) is 1.12. The molecule has 128 valence electrons. The monoisotopic (exact) mass is 329 g/mol. The number of hydrogen-bond acceptors (Lipinski definition) is 5. The maximum Gasteiger partial charge on any atom is 0.222 e. The first-order valence-electron chi connectivity index (χ1n) is 8.28. The van der Waals surface area contributed by atoms with Gasteiger partial charge in [-0.15, -0.1) is 0 Å². The van der Waals surface area contributed by atoms with Gasteiger partial charge in [0.25, 0.3) is 0 Å². The molecule has 1 atom stereocenters. The molecule has 0 spiro atoms. The van der Waals surface area contributed by atoms with Gasteiger partial charge in [-0.1, -0.05) is 30.3 Å². The molecule has 7 nitrogen and oxygen atoms in total. The molecule has 1 aliphatic heterocycles. The number of carbonyl (C=O) groups excluding carboxylic acids is 1. The largest absolute Gasteiger partial charge is 0.379 e. The average Bonchev–Trinajstić information content (AvgIpc) is 3.15. The van der Waals surface area contributed by atoms with Crippen molar-refractivity contribution < 1.29 is 9.53 Å². The molecule has 1 saturated heterocycles. The van der Waals surface area contributed by atoms with E-state index in [-0.39, 0.29) is 11.9 Å². The van der Waals surface area contributed by atoms with Crippen LogP contribution in [-0.2, 0) is 16.1 Å². The summed E-state index contributed by atoms with van der Waals surface area (Å²) in [6.45, 7) is 4.63.